The van der Waals surface area contributed by atoms with E-state index in [0.717, 1.165) is 17.0 Å². The number of benzene rings is 1. The zero-order valence-corrected chi connectivity index (χ0v) is 15.6. The van der Waals surface area contributed by atoms with E-state index in [1.807, 2.05) is 38.1 Å². The Hall–Kier alpha value is -0.706. The number of methoxy groups -OCH3 is 1. The van der Waals surface area contributed by atoms with E-state index in [9.17, 15) is 4.79 Å². The van der Waals surface area contributed by atoms with E-state index in [4.69, 9.17) is 9.47 Å². The summed E-state index contributed by atoms with van der Waals surface area (Å²) in [5.74, 6) is 0.929. The summed E-state index contributed by atoms with van der Waals surface area (Å²) in [7, 11) is 1.59. The van der Waals surface area contributed by atoms with Crippen LogP contribution in [0.2, 0.25) is 0 Å². The smallest absolute Gasteiger partial charge is 0.225 e. The fraction of sp³-hybridized carbons (Fsp3) is 0.438. The molecule has 1 heterocycles. The van der Waals surface area contributed by atoms with Crippen molar-refractivity contribution < 1.29 is 47.0 Å². The number of hydrogen-bond acceptors (Lipinski definition) is 3. The maximum Gasteiger partial charge on any atom is 0.225 e. The second-order valence-corrected chi connectivity index (χ2v) is 4.79. The number of carbonyl (C=O) groups is 1. The van der Waals surface area contributed by atoms with Gasteiger partial charge in [0.2, 0.25) is 5.91 Å². The maximum atomic E-state index is 12.2. The average molecular weight is 363 g/mol. The van der Waals surface area contributed by atoms with Crippen molar-refractivity contribution in [2.45, 2.75) is 20.3 Å². The number of nitrogens with zero attached hydrogens (tertiary/aromatic N) is 1. The van der Waals surface area contributed by atoms with Gasteiger partial charge in [-0.05, 0) is 19.1 Å². The van der Waals surface area contributed by atoms with Crippen LogP contribution in [0, 0.1) is 12.0 Å². The molecule has 111 valence electrons. The minimum absolute atomic E-state index is 0. The van der Waals surface area contributed by atoms with Crippen molar-refractivity contribution in [3.05, 3.63) is 35.9 Å². The van der Waals surface area contributed by atoms with E-state index in [1.165, 1.54) is 0 Å². The molecular formula is C16H20NO3Y-. The summed E-state index contributed by atoms with van der Waals surface area (Å²) < 4.78 is 10.2. The van der Waals surface area contributed by atoms with Crippen molar-refractivity contribution in [1.29, 1.82) is 0 Å². The van der Waals surface area contributed by atoms with Crippen molar-refractivity contribution in [3.63, 3.8) is 0 Å². The van der Waals surface area contributed by atoms with Crippen LogP contribution < -0.4 is 4.74 Å². The van der Waals surface area contributed by atoms with Crippen LogP contribution in [0.15, 0.2) is 24.3 Å². The molecule has 1 amide bonds. The van der Waals surface area contributed by atoms with Gasteiger partial charge in [0.15, 0.2) is 6.79 Å². The molecule has 1 aromatic carbocycles. The van der Waals surface area contributed by atoms with Gasteiger partial charge >= 0.3 is 0 Å². The van der Waals surface area contributed by atoms with Crippen LogP contribution in [0.5, 0.6) is 5.75 Å². The molecule has 2 rings (SSSR count). The number of rotatable bonds is 5. The quantitative estimate of drug-likeness (QED) is 0.597. The summed E-state index contributed by atoms with van der Waals surface area (Å²) in [5.41, 5.74) is 1.85. The maximum absolute atomic E-state index is 12.2. The van der Waals surface area contributed by atoms with Crippen LogP contribution >= 0.6 is 0 Å². The molecule has 0 spiro atoms. The van der Waals surface area contributed by atoms with Gasteiger partial charge < -0.3 is 14.4 Å². The number of hydrogen-bond donors (Lipinski definition) is 0. The summed E-state index contributed by atoms with van der Waals surface area (Å²) in [6.45, 7) is 4.81. The molecule has 21 heavy (non-hydrogen) atoms. The second kappa shape index (κ2) is 8.67. The predicted octanol–water partition coefficient (Wildman–Crippen LogP) is 2.70. The van der Waals surface area contributed by atoms with Crippen molar-refractivity contribution in [2.75, 3.05) is 20.4 Å². The van der Waals surface area contributed by atoms with Crippen LogP contribution in [-0.2, 0) is 42.2 Å². The first kappa shape index (κ1) is 18.3. The molecule has 1 unspecified atom stereocenters. The molecule has 0 bridgehead atoms. The van der Waals surface area contributed by atoms with Crippen LogP contribution in [0.4, 0.5) is 0 Å². The summed E-state index contributed by atoms with van der Waals surface area (Å²) in [6, 6.07) is 7.64. The van der Waals surface area contributed by atoms with Gasteiger partial charge in [0.05, 0.1) is 0 Å². The van der Waals surface area contributed by atoms with E-state index in [2.05, 4.69) is 6.08 Å². The molecule has 5 heteroatoms. The van der Waals surface area contributed by atoms with E-state index in [-0.39, 0.29) is 51.3 Å². The Morgan fingerprint density at radius 2 is 2.00 bits per heavy atom. The number of ether oxygens (including phenoxy) is 2. The van der Waals surface area contributed by atoms with Gasteiger partial charge in [-0.25, -0.2) is 6.08 Å². The number of carbonyl (C=O) groups excluding carboxylic acids is 1. The molecule has 0 fully saturated rings. The minimum atomic E-state index is 0. The first-order chi connectivity index (χ1) is 9.67. The standard InChI is InChI=1S/C16H20NO3.Y/c1-4-17-15(10-5-12(2)16(17)18)13-6-8-14(9-7-13)20-11-19-3;/h6-9,12H,4-5,11H2,1-3H3;/q-1;. The molecule has 0 N–H and O–H groups in total. The Morgan fingerprint density at radius 3 is 2.57 bits per heavy atom. The Balaban J connectivity index is 0.00000220. The molecule has 0 saturated carbocycles. The van der Waals surface area contributed by atoms with E-state index in [1.54, 1.807) is 12.0 Å². The predicted molar refractivity (Wildman–Crippen MR) is 76.8 cm³/mol. The topological polar surface area (TPSA) is 38.8 Å². The molecule has 1 atom stereocenters. The number of allylic oxidation sites excluding steroid dienone is 1. The van der Waals surface area contributed by atoms with Gasteiger partial charge in [-0.1, -0.05) is 13.3 Å². The van der Waals surface area contributed by atoms with Crippen LogP contribution in [0.1, 0.15) is 25.8 Å². The van der Waals surface area contributed by atoms with Crippen molar-refractivity contribution in [1.82, 2.24) is 4.90 Å². The largest absolute Gasteiger partial charge is 0.468 e. The summed E-state index contributed by atoms with van der Waals surface area (Å²) in [5, 5.41) is 0. The molecule has 1 radical (unpaired) electrons. The fourth-order valence-corrected chi connectivity index (χ4v) is 2.22. The zero-order valence-electron chi connectivity index (χ0n) is 12.8. The summed E-state index contributed by atoms with van der Waals surface area (Å²) in [4.78, 5) is 14.0. The monoisotopic (exact) mass is 363 g/mol. The van der Waals surface area contributed by atoms with Crippen LogP contribution in [0.25, 0.3) is 5.70 Å². The van der Waals surface area contributed by atoms with Gasteiger partial charge in [0, 0.05) is 52.3 Å². The number of amides is 1. The third-order valence-electron chi connectivity index (χ3n) is 3.32. The minimum Gasteiger partial charge on any atom is -0.468 e. The Kier molecular flexibility index (Phi) is 7.57. The molecule has 0 aromatic heterocycles. The van der Waals surface area contributed by atoms with Gasteiger partial charge in [-0.2, -0.15) is 5.56 Å². The molecule has 0 saturated heterocycles. The fourth-order valence-electron chi connectivity index (χ4n) is 2.22. The van der Waals surface area contributed by atoms with Crippen molar-refractivity contribution in [2.24, 2.45) is 5.92 Å². The summed E-state index contributed by atoms with van der Waals surface area (Å²) >= 11 is 0. The summed E-state index contributed by atoms with van der Waals surface area (Å²) in [6.07, 6.45) is 4.01. The first-order valence-electron chi connectivity index (χ1n) is 6.81. The Bertz CT molecular complexity index is 499. The zero-order chi connectivity index (χ0) is 14.5. The van der Waals surface area contributed by atoms with Crippen molar-refractivity contribution in [3.8, 4) is 5.75 Å². The van der Waals surface area contributed by atoms with Crippen LogP contribution in [-0.4, -0.2) is 31.3 Å². The average Bonchev–Trinajstić information content (AvgIpc) is 2.48. The molecule has 1 aliphatic rings. The van der Waals surface area contributed by atoms with Gasteiger partial charge in [-0.3, -0.25) is 4.79 Å². The van der Waals surface area contributed by atoms with Gasteiger partial charge in [-0.15, -0.1) is 17.8 Å². The van der Waals surface area contributed by atoms with Crippen LogP contribution in [0.3, 0.4) is 0 Å². The van der Waals surface area contributed by atoms with Gasteiger partial charge in [0.25, 0.3) is 0 Å². The SMILES string of the molecule is CCN1C(=O)C(C)C[C-]=C1c1ccc(OCOC)cc1.[Y]. The van der Waals surface area contributed by atoms with E-state index >= 15 is 0 Å². The van der Waals surface area contributed by atoms with E-state index in [0.29, 0.717) is 13.0 Å². The Morgan fingerprint density at radius 1 is 1.33 bits per heavy atom. The van der Waals surface area contributed by atoms with Crippen molar-refractivity contribution >= 4 is 11.6 Å². The van der Waals surface area contributed by atoms with Gasteiger partial charge in [0.1, 0.15) is 5.75 Å². The molecule has 1 aliphatic heterocycles. The third kappa shape index (κ3) is 4.38. The van der Waals surface area contributed by atoms with E-state index < -0.39 is 0 Å². The second-order valence-electron chi connectivity index (χ2n) is 4.79. The normalized spacial score (nSPS) is 18.0. The molecule has 0 aliphatic carbocycles. The molecule has 4 nitrogen and oxygen atoms in total. The first-order valence-corrected chi connectivity index (χ1v) is 6.81. The Labute approximate surface area is 151 Å². The molecule has 1 aromatic rings. The third-order valence-corrected chi connectivity index (χ3v) is 3.32. The molecular weight excluding hydrogens is 343 g/mol.